The van der Waals surface area contributed by atoms with Crippen molar-refractivity contribution in [1.82, 2.24) is 0 Å². The second-order valence-electron chi connectivity index (χ2n) is 17.1. The zero-order valence-electron chi connectivity index (χ0n) is 23.4. The monoisotopic (exact) mass is 422 g/mol. The topological polar surface area (TPSA) is 0 Å². The number of fused-ring (bicyclic) bond motifs is 16. The highest BCUT2D eigenvalue weighted by Crippen LogP contribution is 3.17. The summed E-state index contributed by atoms with van der Waals surface area (Å²) in [5, 5.41) is 0. The molecule has 14 unspecified atom stereocenters. The van der Waals surface area contributed by atoms with Crippen LogP contribution in [0.4, 0.5) is 0 Å². The largest absolute Gasteiger partial charge is 0.0617 e. The van der Waals surface area contributed by atoms with Crippen LogP contribution in [0.2, 0.25) is 0 Å². The molecule has 0 saturated heterocycles. The summed E-state index contributed by atoms with van der Waals surface area (Å²) in [6.45, 7) is 40.5. The highest BCUT2D eigenvalue weighted by Gasteiger charge is 3.14. The zero-order valence-corrected chi connectivity index (χ0v) is 23.4. The van der Waals surface area contributed by atoms with Gasteiger partial charge in [0.25, 0.3) is 0 Å². The summed E-state index contributed by atoms with van der Waals surface area (Å²) >= 11 is 0. The standard InChI is InChI=1S/C31H50/c1-16-18-24(8)20-25(9)19-23(7)17(2)22(5,6)29(23,13)27(19,11)31(25,15)28(20,12)30(24,14)26(18,10)21(16,3)4/h16-20H,1-15H3. The molecule has 31 heavy (non-hydrogen) atoms. The first-order chi connectivity index (χ1) is 13.7. The quantitative estimate of drug-likeness (QED) is 0.344. The van der Waals surface area contributed by atoms with E-state index in [-0.39, 0.29) is 0 Å². The molecule has 174 valence electrons. The summed E-state index contributed by atoms with van der Waals surface area (Å²) in [7, 11) is 0. The van der Waals surface area contributed by atoms with Gasteiger partial charge in [0.1, 0.15) is 0 Å². The first kappa shape index (κ1) is 20.4. The molecular formula is C31H50. The Hall–Kier alpha value is 0. The van der Waals surface area contributed by atoms with Crippen LogP contribution in [0.15, 0.2) is 0 Å². The molecule has 7 aliphatic carbocycles. The van der Waals surface area contributed by atoms with Crippen molar-refractivity contribution in [2.24, 2.45) is 89.2 Å². The van der Waals surface area contributed by atoms with Crippen LogP contribution in [-0.4, -0.2) is 0 Å². The third-order valence-electron chi connectivity index (χ3n) is 19.5. The highest BCUT2D eigenvalue weighted by molar-refractivity contribution is 5.60. The summed E-state index contributed by atoms with van der Waals surface area (Å²) in [6.07, 6.45) is 0. The molecule has 0 aromatic carbocycles. The van der Waals surface area contributed by atoms with Crippen molar-refractivity contribution in [2.45, 2.75) is 104 Å². The fourth-order valence-electron chi connectivity index (χ4n) is 18.0. The summed E-state index contributed by atoms with van der Waals surface area (Å²) in [4.78, 5) is 0. The number of hydrogen-bond donors (Lipinski definition) is 0. The number of hydrogen-bond acceptors (Lipinski definition) is 0. The van der Waals surface area contributed by atoms with E-state index in [4.69, 9.17) is 0 Å². The molecule has 0 heterocycles. The minimum Gasteiger partial charge on any atom is -0.0617 e. The third kappa shape index (κ3) is 0.919. The molecule has 7 aliphatic rings. The van der Waals surface area contributed by atoms with Gasteiger partial charge in [-0.15, -0.1) is 0 Å². The van der Waals surface area contributed by atoms with Crippen LogP contribution in [0.3, 0.4) is 0 Å². The lowest BCUT2D eigenvalue weighted by Gasteiger charge is -3.16. The third-order valence-corrected chi connectivity index (χ3v) is 19.5. The first-order valence-corrected chi connectivity index (χ1v) is 13.7. The fraction of sp³-hybridized carbons (Fsp3) is 1.00. The van der Waals surface area contributed by atoms with Crippen LogP contribution >= 0.6 is 0 Å². The van der Waals surface area contributed by atoms with E-state index in [9.17, 15) is 0 Å². The summed E-state index contributed by atoms with van der Waals surface area (Å²) < 4.78 is 0. The normalized spacial score (nSPS) is 80.8. The van der Waals surface area contributed by atoms with Crippen LogP contribution in [0.5, 0.6) is 0 Å². The van der Waals surface area contributed by atoms with E-state index < -0.39 is 0 Å². The smallest absolute Gasteiger partial charge is 0.0141 e. The molecule has 0 N–H and O–H groups in total. The fourth-order valence-corrected chi connectivity index (χ4v) is 18.0. The van der Waals surface area contributed by atoms with Gasteiger partial charge in [-0.1, -0.05) is 104 Å². The Morgan fingerprint density at radius 3 is 1.35 bits per heavy atom. The van der Waals surface area contributed by atoms with Crippen LogP contribution in [0.25, 0.3) is 0 Å². The second kappa shape index (κ2) is 3.85. The Kier molecular flexibility index (Phi) is 2.53. The molecule has 0 aromatic rings. The first-order valence-electron chi connectivity index (χ1n) is 13.7. The predicted octanol–water partition coefficient (Wildman–Crippen LogP) is 8.31. The van der Waals surface area contributed by atoms with Crippen molar-refractivity contribution in [3.8, 4) is 0 Å². The van der Waals surface area contributed by atoms with Crippen molar-refractivity contribution >= 4 is 0 Å². The van der Waals surface area contributed by atoms with Crippen molar-refractivity contribution < 1.29 is 0 Å². The zero-order chi connectivity index (χ0) is 23.4. The maximum absolute atomic E-state index is 2.81. The van der Waals surface area contributed by atoms with Gasteiger partial charge in [-0.05, 0) is 89.2 Å². The molecule has 0 nitrogen and oxygen atoms in total. The summed E-state index contributed by atoms with van der Waals surface area (Å²) in [5.74, 6) is 4.48. The molecule has 0 bridgehead atoms. The van der Waals surface area contributed by atoms with E-state index in [1.807, 2.05) is 0 Å². The van der Waals surface area contributed by atoms with Crippen molar-refractivity contribution in [2.75, 3.05) is 0 Å². The Labute approximate surface area is 193 Å². The summed E-state index contributed by atoms with van der Waals surface area (Å²) in [6, 6.07) is 0. The Morgan fingerprint density at radius 1 is 0.419 bits per heavy atom. The minimum absolute atomic E-state index is 0.447. The van der Waals surface area contributed by atoms with Crippen LogP contribution in [-0.2, 0) is 0 Å². The molecule has 0 radical (unpaired) electrons. The molecule has 0 spiro atoms. The van der Waals surface area contributed by atoms with Gasteiger partial charge in [-0.2, -0.15) is 0 Å². The van der Waals surface area contributed by atoms with Gasteiger partial charge in [-0.25, -0.2) is 0 Å². The van der Waals surface area contributed by atoms with E-state index >= 15 is 0 Å². The van der Waals surface area contributed by atoms with Gasteiger partial charge in [0.15, 0.2) is 0 Å². The highest BCUT2D eigenvalue weighted by atomic mass is 15.2. The lowest BCUT2D eigenvalue weighted by atomic mass is 8.87. The van der Waals surface area contributed by atoms with Crippen LogP contribution in [0.1, 0.15) is 104 Å². The molecule has 0 aromatic heterocycles. The average molecular weight is 423 g/mol. The van der Waals surface area contributed by atoms with Crippen LogP contribution < -0.4 is 0 Å². The summed E-state index contributed by atoms with van der Waals surface area (Å²) in [5.41, 5.74) is 5.39. The lowest BCUT2D eigenvalue weighted by Crippen LogP contribution is -3.13. The van der Waals surface area contributed by atoms with E-state index in [0.29, 0.717) is 59.6 Å². The second-order valence-corrected chi connectivity index (χ2v) is 17.1. The molecule has 0 aliphatic heterocycles. The molecule has 7 saturated carbocycles. The van der Waals surface area contributed by atoms with Crippen molar-refractivity contribution in [1.29, 1.82) is 0 Å². The molecular weight excluding hydrogens is 372 g/mol. The van der Waals surface area contributed by atoms with Gasteiger partial charge in [0.05, 0.1) is 0 Å². The van der Waals surface area contributed by atoms with E-state index in [1.165, 1.54) is 0 Å². The average Bonchev–Trinajstić information content (AvgIpc) is 2.69. The van der Waals surface area contributed by atoms with Crippen LogP contribution in [0, 0.1) is 89.2 Å². The minimum atomic E-state index is 0.447. The van der Waals surface area contributed by atoms with Gasteiger partial charge >= 0.3 is 0 Å². The van der Waals surface area contributed by atoms with E-state index in [0.717, 1.165) is 29.6 Å². The Morgan fingerprint density at radius 2 is 0.839 bits per heavy atom. The molecule has 7 fully saturated rings. The van der Waals surface area contributed by atoms with E-state index in [1.54, 1.807) is 0 Å². The molecule has 14 atom stereocenters. The van der Waals surface area contributed by atoms with Crippen molar-refractivity contribution in [3.63, 3.8) is 0 Å². The van der Waals surface area contributed by atoms with Crippen molar-refractivity contribution in [3.05, 3.63) is 0 Å². The van der Waals surface area contributed by atoms with Gasteiger partial charge in [0.2, 0.25) is 0 Å². The Balaban J connectivity index is 1.46. The maximum atomic E-state index is 2.81. The SMILES string of the molecule is CC1C2C3(C)C4C5(C)C6C7(C)C(C)C(C)(C)C7(C)C6(C)C5(C)C4(C)C3(C)C2(C)C1(C)C. The predicted molar refractivity (Wildman–Crippen MR) is 129 cm³/mol. The molecule has 7 rings (SSSR count). The molecule has 0 amide bonds. The number of rotatable bonds is 0. The lowest BCUT2D eigenvalue weighted by molar-refractivity contribution is -0.699. The Bertz CT molecular complexity index is 1020. The van der Waals surface area contributed by atoms with Gasteiger partial charge < -0.3 is 0 Å². The van der Waals surface area contributed by atoms with E-state index in [2.05, 4.69) is 104 Å². The van der Waals surface area contributed by atoms with Gasteiger partial charge in [-0.3, -0.25) is 0 Å². The molecule has 0 heteroatoms. The van der Waals surface area contributed by atoms with Gasteiger partial charge in [0, 0.05) is 0 Å². The maximum Gasteiger partial charge on any atom is -0.0141 e.